The summed E-state index contributed by atoms with van der Waals surface area (Å²) in [5.74, 6) is 1.66. The molecule has 6 nitrogen and oxygen atoms in total. The Bertz CT molecular complexity index is 900. The third-order valence-corrected chi connectivity index (χ3v) is 4.05. The number of aryl methyl sites for hydroxylation is 1. The molecule has 3 aromatic rings. The maximum Gasteiger partial charge on any atom is 0.255 e. The number of aromatic nitrogens is 1. The van der Waals surface area contributed by atoms with Crippen molar-refractivity contribution in [2.45, 2.75) is 13.5 Å². The average molecular weight is 352 g/mol. The highest BCUT2D eigenvalue weighted by Gasteiger charge is 2.15. The van der Waals surface area contributed by atoms with Gasteiger partial charge in [0.2, 0.25) is 0 Å². The van der Waals surface area contributed by atoms with Crippen LogP contribution < -0.4 is 14.8 Å². The van der Waals surface area contributed by atoms with Gasteiger partial charge in [0.15, 0.2) is 5.76 Å². The maximum atomic E-state index is 12.5. The Labute approximate surface area is 151 Å². The van der Waals surface area contributed by atoms with E-state index in [4.69, 9.17) is 14.0 Å². The first-order valence-corrected chi connectivity index (χ1v) is 8.14. The van der Waals surface area contributed by atoms with Gasteiger partial charge >= 0.3 is 0 Å². The predicted octanol–water partition coefficient (Wildman–Crippen LogP) is 3.60. The smallest absolute Gasteiger partial charge is 0.255 e. The van der Waals surface area contributed by atoms with Gasteiger partial charge in [-0.2, -0.15) is 0 Å². The Balaban J connectivity index is 1.69. The summed E-state index contributed by atoms with van der Waals surface area (Å²) in [4.78, 5) is 12.5. The molecule has 134 valence electrons. The molecule has 0 fully saturated rings. The summed E-state index contributed by atoms with van der Waals surface area (Å²) in [6.07, 6.45) is 0. The van der Waals surface area contributed by atoms with E-state index >= 15 is 0 Å². The third-order valence-electron chi connectivity index (χ3n) is 4.05. The van der Waals surface area contributed by atoms with Crippen molar-refractivity contribution in [3.05, 3.63) is 65.4 Å². The molecular weight excluding hydrogens is 332 g/mol. The van der Waals surface area contributed by atoms with E-state index in [1.807, 2.05) is 43.3 Å². The first-order valence-electron chi connectivity index (χ1n) is 8.14. The van der Waals surface area contributed by atoms with Gasteiger partial charge in [-0.25, -0.2) is 0 Å². The van der Waals surface area contributed by atoms with Crippen molar-refractivity contribution in [3.63, 3.8) is 0 Å². The summed E-state index contributed by atoms with van der Waals surface area (Å²) in [7, 11) is 3.17. The van der Waals surface area contributed by atoms with Crippen LogP contribution in [0.25, 0.3) is 11.3 Å². The molecule has 26 heavy (non-hydrogen) atoms. The number of hydrogen-bond acceptors (Lipinski definition) is 5. The number of rotatable bonds is 6. The number of carbonyl (C=O) groups excluding carboxylic acids is 1. The lowest BCUT2D eigenvalue weighted by Crippen LogP contribution is -2.24. The molecular formula is C20H20N2O4. The Morgan fingerprint density at radius 1 is 1.12 bits per heavy atom. The van der Waals surface area contributed by atoms with Crippen molar-refractivity contribution >= 4 is 5.91 Å². The molecule has 0 saturated heterocycles. The van der Waals surface area contributed by atoms with Crippen LogP contribution in [-0.4, -0.2) is 25.3 Å². The van der Waals surface area contributed by atoms with Gasteiger partial charge in [0.1, 0.15) is 17.2 Å². The van der Waals surface area contributed by atoms with Crippen molar-refractivity contribution in [2.75, 3.05) is 14.2 Å². The quantitative estimate of drug-likeness (QED) is 0.734. The van der Waals surface area contributed by atoms with Gasteiger partial charge in [-0.1, -0.05) is 17.3 Å². The standard InChI is InChI=1S/C20H20N2O4/c1-13-5-4-6-18(25-3)19(13)20(23)21-12-16-11-17(22-26-16)14-7-9-15(24-2)10-8-14/h4-11H,12H2,1-3H3,(H,21,23). The lowest BCUT2D eigenvalue weighted by molar-refractivity contribution is 0.0943. The number of ether oxygens (including phenoxy) is 2. The van der Waals surface area contributed by atoms with Crippen LogP contribution in [0.5, 0.6) is 11.5 Å². The first kappa shape index (κ1) is 17.5. The van der Waals surface area contributed by atoms with Crippen molar-refractivity contribution < 1.29 is 18.8 Å². The van der Waals surface area contributed by atoms with E-state index < -0.39 is 0 Å². The Kier molecular flexibility index (Phi) is 5.22. The van der Waals surface area contributed by atoms with Crippen LogP contribution >= 0.6 is 0 Å². The lowest BCUT2D eigenvalue weighted by Gasteiger charge is -2.10. The molecule has 0 spiro atoms. The summed E-state index contributed by atoms with van der Waals surface area (Å²) in [6.45, 7) is 2.10. The molecule has 1 heterocycles. The van der Waals surface area contributed by atoms with E-state index in [1.165, 1.54) is 0 Å². The fourth-order valence-corrected chi connectivity index (χ4v) is 2.65. The zero-order valence-electron chi connectivity index (χ0n) is 14.9. The highest BCUT2D eigenvalue weighted by molar-refractivity contribution is 5.98. The number of methoxy groups -OCH3 is 2. The number of amides is 1. The van der Waals surface area contributed by atoms with E-state index in [2.05, 4.69) is 10.5 Å². The molecule has 0 unspecified atom stereocenters. The monoisotopic (exact) mass is 352 g/mol. The molecule has 0 aliphatic heterocycles. The molecule has 0 saturated carbocycles. The van der Waals surface area contributed by atoms with Crippen molar-refractivity contribution in [1.29, 1.82) is 0 Å². The molecule has 6 heteroatoms. The number of carbonyl (C=O) groups is 1. The minimum atomic E-state index is -0.220. The van der Waals surface area contributed by atoms with Crippen LogP contribution in [0.4, 0.5) is 0 Å². The molecule has 0 aliphatic carbocycles. The largest absolute Gasteiger partial charge is 0.497 e. The van der Waals surface area contributed by atoms with Crippen LogP contribution in [-0.2, 0) is 6.54 Å². The third kappa shape index (κ3) is 3.69. The molecule has 2 aromatic carbocycles. The van der Waals surface area contributed by atoms with Gasteiger partial charge < -0.3 is 19.3 Å². The van der Waals surface area contributed by atoms with E-state index in [1.54, 1.807) is 26.4 Å². The topological polar surface area (TPSA) is 73.6 Å². The van der Waals surface area contributed by atoms with Gasteiger partial charge in [0.25, 0.3) is 5.91 Å². The van der Waals surface area contributed by atoms with Gasteiger partial charge in [0.05, 0.1) is 26.3 Å². The molecule has 1 aromatic heterocycles. The molecule has 0 bridgehead atoms. The summed E-state index contributed by atoms with van der Waals surface area (Å²) in [5, 5.41) is 6.89. The van der Waals surface area contributed by atoms with Crippen LogP contribution in [0.3, 0.4) is 0 Å². The molecule has 0 atom stereocenters. The number of nitrogens with zero attached hydrogens (tertiary/aromatic N) is 1. The highest BCUT2D eigenvalue weighted by atomic mass is 16.5. The van der Waals surface area contributed by atoms with E-state index in [9.17, 15) is 4.79 Å². The van der Waals surface area contributed by atoms with E-state index in [0.29, 0.717) is 22.8 Å². The normalized spacial score (nSPS) is 10.4. The summed E-state index contributed by atoms with van der Waals surface area (Å²) in [5.41, 5.74) is 2.97. The Hall–Kier alpha value is -3.28. The molecule has 1 amide bonds. The van der Waals surface area contributed by atoms with Crippen molar-refractivity contribution in [3.8, 4) is 22.8 Å². The van der Waals surface area contributed by atoms with E-state index in [0.717, 1.165) is 16.9 Å². The minimum Gasteiger partial charge on any atom is -0.497 e. The van der Waals surface area contributed by atoms with Gasteiger partial charge in [-0.15, -0.1) is 0 Å². The average Bonchev–Trinajstić information content (AvgIpc) is 3.15. The molecule has 0 aliphatic rings. The second-order valence-corrected chi connectivity index (χ2v) is 5.74. The summed E-state index contributed by atoms with van der Waals surface area (Å²) < 4.78 is 15.7. The van der Waals surface area contributed by atoms with Gasteiger partial charge in [-0.3, -0.25) is 4.79 Å². The van der Waals surface area contributed by atoms with Crippen molar-refractivity contribution in [1.82, 2.24) is 10.5 Å². The van der Waals surface area contributed by atoms with Crippen LogP contribution in [0.15, 0.2) is 53.1 Å². The Morgan fingerprint density at radius 2 is 1.88 bits per heavy atom. The van der Waals surface area contributed by atoms with Crippen molar-refractivity contribution in [2.24, 2.45) is 0 Å². The second kappa shape index (κ2) is 7.74. The zero-order valence-corrected chi connectivity index (χ0v) is 14.9. The fraction of sp³-hybridized carbons (Fsp3) is 0.200. The van der Waals surface area contributed by atoms with Crippen LogP contribution in [0, 0.1) is 6.92 Å². The number of hydrogen-bond donors (Lipinski definition) is 1. The summed E-state index contributed by atoms with van der Waals surface area (Å²) in [6, 6.07) is 14.8. The number of nitrogens with one attached hydrogen (secondary N) is 1. The zero-order chi connectivity index (χ0) is 18.5. The van der Waals surface area contributed by atoms with Crippen LogP contribution in [0.1, 0.15) is 21.7 Å². The Morgan fingerprint density at radius 3 is 2.58 bits per heavy atom. The number of benzene rings is 2. The first-order chi connectivity index (χ1) is 12.6. The molecule has 1 N–H and O–H groups in total. The maximum absolute atomic E-state index is 12.5. The summed E-state index contributed by atoms with van der Waals surface area (Å²) >= 11 is 0. The van der Waals surface area contributed by atoms with Gasteiger partial charge in [-0.05, 0) is 42.8 Å². The molecule has 0 radical (unpaired) electrons. The highest BCUT2D eigenvalue weighted by Crippen LogP contribution is 2.23. The molecule has 3 rings (SSSR count). The van der Waals surface area contributed by atoms with Gasteiger partial charge in [0, 0.05) is 11.6 Å². The van der Waals surface area contributed by atoms with Crippen LogP contribution in [0.2, 0.25) is 0 Å². The minimum absolute atomic E-state index is 0.220. The van der Waals surface area contributed by atoms with E-state index in [-0.39, 0.29) is 12.5 Å². The SMILES string of the molecule is COc1ccc(-c2cc(CNC(=O)c3c(C)cccc3OC)on2)cc1. The fourth-order valence-electron chi connectivity index (χ4n) is 2.65. The second-order valence-electron chi connectivity index (χ2n) is 5.74. The predicted molar refractivity (Wildman–Crippen MR) is 97.4 cm³/mol. The lowest BCUT2D eigenvalue weighted by atomic mass is 10.1.